The predicted octanol–water partition coefficient (Wildman–Crippen LogP) is 7.49. The third-order valence-corrected chi connectivity index (χ3v) is 9.82. The van der Waals surface area contributed by atoms with Gasteiger partial charge in [0, 0.05) is 11.8 Å². The van der Waals surface area contributed by atoms with Gasteiger partial charge in [0.2, 0.25) is 0 Å². The molecule has 244 valence electrons. The van der Waals surface area contributed by atoms with Crippen LogP contribution in [0.3, 0.4) is 0 Å². The number of fused-ring (bicyclic) bond motifs is 1. The first-order chi connectivity index (χ1) is 20.9. The normalized spacial score (nSPS) is 17.4. The summed E-state index contributed by atoms with van der Waals surface area (Å²) in [6.07, 6.45) is -7.31. The van der Waals surface area contributed by atoms with Crippen LogP contribution in [-0.2, 0) is 15.7 Å². The fourth-order valence-corrected chi connectivity index (χ4v) is 6.98. The Hall–Kier alpha value is -3.42. The highest BCUT2D eigenvalue weighted by Crippen LogP contribution is 2.40. The SMILES string of the molecule is COc1cc(P(C)(C)=O)ccc1NCC#Cc1sc2c(N[C@@H]3CCN(C(=O)OC(C)(C)C)C[C@@H]3F)cccc2c1CC(F)(F)F. The maximum Gasteiger partial charge on any atom is 0.410 e. The monoisotopic (exact) mass is 667 g/mol. The summed E-state index contributed by atoms with van der Waals surface area (Å²) in [7, 11) is -1.000. The van der Waals surface area contributed by atoms with Gasteiger partial charge in [0.15, 0.2) is 0 Å². The van der Waals surface area contributed by atoms with E-state index in [4.69, 9.17) is 9.47 Å². The van der Waals surface area contributed by atoms with Crippen molar-refractivity contribution in [2.45, 2.75) is 57.6 Å². The Morgan fingerprint density at radius 3 is 2.51 bits per heavy atom. The molecule has 45 heavy (non-hydrogen) atoms. The maximum absolute atomic E-state index is 15.3. The number of hydrogen-bond acceptors (Lipinski definition) is 7. The lowest BCUT2D eigenvalue weighted by Crippen LogP contribution is -2.51. The van der Waals surface area contributed by atoms with Gasteiger partial charge in [-0.05, 0) is 75.7 Å². The molecule has 0 radical (unpaired) electrons. The average molecular weight is 668 g/mol. The zero-order valence-electron chi connectivity index (χ0n) is 26.1. The number of anilines is 2. The Labute approximate surface area is 265 Å². The van der Waals surface area contributed by atoms with E-state index < -0.39 is 43.6 Å². The molecule has 0 bridgehead atoms. The Balaban J connectivity index is 1.55. The van der Waals surface area contributed by atoms with E-state index in [0.717, 1.165) is 11.3 Å². The summed E-state index contributed by atoms with van der Waals surface area (Å²) in [6.45, 7) is 8.79. The molecule has 0 saturated carbocycles. The van der Waals surface area contributed by atoms with Crippen molar-refractivity contribution < 1.29 is 36.4 Å². The van der Waals surface area contributed by atoms with Crippen LogP contribution >= 0.6 is 18.5 Å². The van der Waals surface area contributed by atoms with Crippen molar-refractivity contribution in [1.82, 2.24) is 4.90 Å². The van der Waals surface area contributed by atoms with Gasteiger partial charge in [0.25, 0.3) is 0 Å². The molecule has 0 spiro atoms. The zero-order chi connectivity index (χ0) is 33.2. The molecule has 1 aliphatic rings. The van der Waals surface area contributed by atoms with Crippen molar-refractivity contribution in [2.75, 3.05) is 50.7 Å². The number of nitrogens with one attached hydrogen (secondary N) is 2. The van der Waals surface area contributed by atoms with E-state index in [0.29, 0.717) is 38.9 Å². The molecule has 2 N–H and O–H groups in total. The number of amides is 1. The molecule has 13 heteroatoms. The average Bonchev–Trinajstić information content (AvgIpc) is 3.27. The number of benzene rings is 2. The van der Waals surface area contributed by atoms with Gasteiger partial charge in [0.1, 0.15) is 24.7 Å². The van der Waals surface area contributed by atoms with E-state index in [-0.39, 0.29) is 30.1 Å². The molecule has 3 aromatic rings. The smallest absolute Gasteiger partial charge is 0.410 e. The quantitative estimate of drug-likeness (QED) is 0.155. The van der Waals surface area contributed by atoms with Crippen molar-refractivity contribution in [3.05, 3.63) is 46.8 Å². The number of ether oxygens (including phenoxy) is 2. The summed E-state index contributed by atoms with van der Waals surface area (Å²) in [5.41, 5.74) is 0.492. The molecule has 2 atom stereocenters. The number of rotatable bonds is 7. The van der Waals surface area contributed by atoms with Crippen LogP contribution in [0.5, 0.6) is 5.75 Å². The number of thiophene rings is 1. The number of piperidine rings is 1. The van der Waals surface area contributed by atoms with E-state index in [2.05, 4.69) is 22.5 Å². The summed E-state index contributed by atoms with van der Waals surface area (Å²) in [5, 5.41) is 7.36. The first-order valence-corrected chi connectivity index (χ1v) is 17.8. The second-order valence-corrected chi connectivity index (χ2v) is 16.5. The standard InChI is InChI=1S/C32H38F4N3O4PS/c1-31(2,3)43-30(40)39-16-14-24(23(33)19-39)38-26-10-7-9-21-22(18-32(34,35)36)28(45-29(21)26)11-8-15-37-25-13-12-20(44(5,6)41)17-27(25)42-4/h7,9-10,12-13,17,23-24,37-38H,14-16,18-19H2,1-6H3/t23-,24+/m0/s1. The third-order valence-electron chi connectivity index (χ3n) is 7.11. The van der Waals surface area contributed by atoms with Crippen LogP contribution in [0.4, 0.5) is 33.7 Å². The molecule has 1 aromatic heterocycles. The van der Waals surface area contributed by atoms with Crippen molar-refractivity contribution in [1.29, 1.82) is 0 Å². The summed E-state index contributed by atoms with van der Waals surface area (Å²) < 4.78 is 80.0. The molecule has 4 rings (SSSR count). The number of alkyl halides is 4. The van der Waals surface area contributed by atoms with E-state index in [1.54, 1.807) is 70.5 Å². The van der Waals surface area contributed by atoms with Gasteiger partial charge in [-0.25, -0.2) is 9.18 Å². The number of nitrogens with zero attached hydrogens (tertiary/aromatic N) is 1. The van der Waals surface area contributed by atoms with Gasteiger partial charge in [0.05, 0.1) is 53.6 Å². The van der Waals surface area contributed by atoms with Gasteiger partial charge in [-0.3, -0.25) is 0 Å². The molecule has 1 aliphatic heterocycles. The van der Waals surface area contributed by atoms with Crippen LogP contribution in [0.1, 0.15) is 37.6 Å². The first kappa shape index (κ1) is 34.5. The molecule has 2 aromatic carbocycles. The molecule has 7 nitrogen and oxygen atoms in total. The van der Waals surface area contributed by atoms with Crippen LogP contribution in [0.2, 0.25) is 0 Å². The minimum atomic E-state index is -4.46. The van der Waals surface area contributed by atoms with Crippen molar-refractivity contribution in [3.8, 4) is 17.6 Å². The summed E-state index contributed by atoms with van der Waals surface area (Å²) >= 11 is 1.12. The van der Waals surface area contributed by atoms with E-state index in [1.165, 1.54) is 12.0 Å². The van der Waals surface area contributed by atoms with Crippen LogP contribution in [0.15, 0.2) is 36.4 Å². The zero-order valence-corrected chi connectivity index (χ0v) is 27.8. The van der Waals surface area contributed by atoms with Crippen LogP contribution < -0.4 is 20.7 Å². The topological polar surface area (TPSA) is 79.9 Å². The second kappa shape index (κ2) is 13.5. The molecular formula is C32H38F4N3O4PS. The lowest BCUT2D eigenvalue weighted by atomic mass is 10.0. The largest absolute Gasteiger partial charge is 0.495 e. The van der Waals surface area contributed by atoms with Crippen molar-refractivity contribution >= 4 is 51.3 Å². The van der Waals surface area contributed by atoms with Crippen LogP contribution in [-0.4, -0.2) is 75.1 Å². The maximum atomic E-state index is 15.3. The van der Waals surface area contributed by atoms with Gasteiger partial charge < -0.3 is 29.6 Å². The minimum absolute atomic E-state index is 0.0683. The van der Waals surface area contributed by atoms with Gasteiger partial charge >= 0.3 is 12.3 Å². The number of carbonyl (C=O) groups is 1. The van der Waals surface area contributed by atoms with E-state index in [9.17, 15) is 22.5 Å². The number of halogens is 4. The number of methoxy groups -OCH3 is 1. The van der Waals surface area contributed by atoms with Crippen LogP contribution in [0, 0.1) is 11.8 Å². The third kappa shape index (κ3) is 9.08. The highest BCUT2D eigenvalue weighted by Gasteiger charge is 2.35. The number of likely N-dealkylation sites (tertiary alicyclic amines) is 1. The molecule has 1 fully saturated rings. The highest BCUT2D eigenvalue weighted by molar-refractivity contribution is 7.70. The first-order valence-electron chi connectivity index (χ1n) is 14.4. The summed E-state index contributed by atoms with van der Waals surface area (Å²) in [5.74, 6) is 6.30. The number of carbonyl (C=O) groups excluding carboxylic acids is 1. The van der Waals surface area contributed by atoms with Crippen molar-refractivity contribution in [2.24, 2.45) is 0 Å². The Kier molecular flexibility index (Phi) is 10.3. The van der Waals surface area contributed by atoms with E-state index >= 15 is 4.39 Å². The molecule has 1 saturated heterocycles. The summed E-state index contributed by atoms with van der Waals surface area (Å²) in [6, 6.07) is 9.50. The minimum Gasteiger partial charge on any atom is -0.495 e. The molecule has 0 unspecified atom stereocenters. The molecule has 0 aliphatic carbocycles. The second-order valence-electron chi connectivity index (χ2n) is 12.3. The molecular weight excluding hydrogens is 629 g/mol. The van der Waals surface area contributed by atoms with Crippen molar-refractivity contribution in [3.63, 3.8) is 0 Å². The van der Waals surface area contributed by atoms with Gasteiger partial charge in [-0.2, -0.15) is 13.2 Å². The number of hydrogen-bond donors (Lipinski definition) is 2. The van der Waals surface area contributed by atoms with Gasteiger partial charge in [-0.15, -0.1) is 11.3 Å². The van der Waals surface area contributed by atoms with Gasteiger partial charge in [-0.1, -0.05) is 24.0 Å². The fraction of sp³-hybridized carbons (Fsp3) is 0.469. The Morgan fingerprint density at radius 2 is 1.89 bits per heavy atom. The fourth-order valence-electron chi connectivity index (χ4n) is 4.95. The summed E-state index contributed by atoms with van der Waals surface area (Å²) in [4.78, 5) is 14.0. The Bertz CT molecular complexity index is 1650. The molecule has 1 amide bonds. The van der Waals surface area contributed by atoms with Crippen LogP contribution in [0.25, 0.3) is 10.1 Å². The highest BCUT2D eigenvalue weighted by atomic mass is 32.1. The lowest BCUT2D eigenvalue weighted by Gasteiger charge is -2.36. The lowest BCUT2D eigenvalue weighted by molar-refractivity contribution is -0.126. The van der Waals surface area contributed by atoms with E-state index in [1.807, 2.05) is 0 Å². The Morgan fingerprint density at radius 1 is 1.16 bits per heavy atom. The molecule has 2 heterocycles. The predicted molar refractivity (Wildman–Crippen MR) is 174 cm³/mol.